The zero-order valence-corrected chi connectivity index (χ0v) is 15.2. The molecule has 0 aliphatic heterocycles. The Morgan fingerprint density at radius 2 is 2.08 bits per heavy atom. The van der Waals surface area contributed by atoms with E-state index >= 15 is 0 Å². The molecule has 25 heavy (non-hydrogen) atoms. The van der Waals surface area contributed by atoms with Gasteiger partial charge in [-0.1, -0.05) is 16.8 Å². The number of hydrogen-bond donors (Lipinski definition) is 0. The molecule has 0 radical (unpaired) electrons. The normalized spacial score (nSPS) is 10.7. The molecule has 0 N–H and O–H groups in total. The van der Waals surface area contributed by atoms with E-state index in [0.29, 0.717) is 34.4 Å². The van der Waals surface area contributed by atoms with Gasteiger partial charge in [0.1, 0.15) is 23.1 Å². The zero-order valence-electron chi connectivity index (χ0n) is 13.6. The molecule has 0 unspecified atom stereocenters. The molecule has 0 saturated carbocycles. The number of carbonyl (C=O) groups excluding carboxylic acids is 1. The minimum atomic E-state index is -0.527. The number of halogens is 1. The van der Waals surface area contributed by atoms with Crippen LogP contribution in [0.3, 0.4) is 0 Å². The largest absolute Gasteiger partial charge is 0.486 e. The van der Waals surface area contributed by atoms with E-state index in [0.717, 1.165) is 5.01 Å². The second-order valence-electron chi connectivity index (χ2n) is 5.05. The Kier molecular flexibility index (Phi) is 5.35. The highest BCUT2D eigenvalue weighted by Gasteiger charge is 2.24. The Labute approximate surface area is 153 Å². The van der Waals surface area contributed by atoms with Gasteiger partial charge in [0.05, 0.1) is 17.9 Å². The van der Waals surface area contributed by atoms with E-state index in [4.69, 9.17) is 25.6 Å². The van der Waals surface area contributed by atoms with Crippen LogP contribution in [-0.4, -0.2) is 22.7 Å². The number of benzene rings is 1. The number of aryl methyl sites for hydroxylation is 1. The smallest absolute Gasteiger partial charge is 0.361 e. The predicted octanol–water partition coefficient (Wildman–Crippen LogP) is 4.52. The molecule has 0 aliphatic rings. The van der Waals surface area contributed by atoms with E-state index in [9.17, 15) is 4.79 Å². The lowest BCUT2D eigenvalue weighted by atomic mass is 10.1. The van der Waals surface area contributed by atoms with Gasteiger partial charge in [0, 0.05) is 10.4 Å². The number of nitrogens with zero attached hydrogens (tertiary/aromatic N) is 2. The minimum Gasteiger partial charge on any atom is -0.486 e. The number of aromatic nitrogens is 2. The summed E-state index contributed by atoms with van der Waals surface area (Å²) in [5, 5.41) is 7.04. The van der Waals surface area contributed by atoms with Crippen LogP contribution in [0.25, 0.3) is 11.3 Å². The van der Waals surface area contributed by atoms with E-state index < -0.39 is 5.97 Å². The van der Waals surface area contributed by atoms with E-state index in [2.05, 4.69) is 10.1 Å². The molecule has 130 valence electrons. The van der Waals surface area contributed by atoms with Crippen molar-refractivity contribution in [3.05, 3.63) is 51.1 Å². The summed E-state index contributed by atoms with van der Waals surface area (Å²) >= 11 is 7.28. The summed E-state index contributed by atoms with van der Waals surface area (Å²) in [6.45, 7) is 4.04. The lowest BCUT2D eigenvalue weighted by Crippen LogP contribution is -2.06. The molecule has 0 spiro atoms. The van der Waals surface area contributed by atoms with Gasteiger partial charge in [-0.25, -0.2) is 9.78 Å². The molecule has 1 aromatic carbocycles. The fourth-order valence-corrected chi connectivity index (χ4v) is 3.00. The number of carbonyl (C=O) groups is 1. The van der Waals surface area contributed by atoms with Crippen LogP contribution < -0.4 is 4.74 Å². The molecule has 0 atom stereocenters. The lowest BCUT2D eigenvalue weighted by Gasteiger charge is -2.03. The third-order valence-corrected chi connectivity index (χ3v) is 4.39. The van der Waals surface area contributed by atoms with Crippen molar-refractivity contribution < 1.29 is 18.8 Å². The van der Waals surface area contributed by atoms with Gasteiger partial charge in [0.2, 0.25) is 5.69 Å². The fourth-order valence-electron chi connectivity index (χ4n) is 2.18. The molecule has 3 rings (SSSR count). The average Bonchev–Trinajstić information content (AvgIpc) is 3.21. The van der Waals surface area contributed by atoms with Crippen LogP contribution in [-0.2, 0) is 11.3 Å². The Morgan fingerprint density at radius 3 is 2.80 bits per heavy atom. The summed E-state index contributed by atoms with van der Waals surface area (Å²) in [5.41, 5.74) is 1.30. The average molecular weight is 379 g/mol. The molecule has 2 aromatic heterocycles. The van der Waals surface area contributed by atoms with Crippen molar-refractivity contribution in [2.24, 2.45) is 0 Å². The van der Waals surface area contributed by atoms with Gasteiger partial charge < -0.3 is 14.0 Å². The molecule has 8 heteroatoms. The Bertz CT molecular complexity index is 873. The number of thiazole rings is 1. The summed E-state index contributed by atoms with van der Waals surface area (Å²) in [4.78, 5) is 16.5. The fraction of sp³-hybridized carbons (Fsp3) is 0.235. The van der Waals surface area contributed by atoms with E-state index in [1.165, 1.54) is 11.3 Å². The van der Waals surface area contributed by atoms with Gasteiger partial charge in [-0.15, -0.1) is 11.3 Å². The molecule has 0 bridgehead atoms. The van der Waals surface area contributed by atoms with Crippen LogP contribution in [0.15, 0.2) is 34.2 Å². The molecule has 0 fully saturated rings. The van der Waals surface area contributed by atoms with E-state index in [1.54, 1.807) is 38.1 Å². The summed E-state index contributed by atoms with van der Waals surface area (Å²) in [6.07, 6.45) is 0. The van der Waals surface area contributed by atoms with Crippen LogP contribution in [0.1, 0.15) is 28.2 Å². The van der Waals surface area contributed by atoms with E-state index in [1.807, 2.05) is 5.38 Å². The molecule has 6 nitrogen and oxygen atoms in total. The maximum atomic E-state index is 12.0. The first kappa shape index (κ1) is 17.4. The van der Waals surface area contributed by atoms with Gasteiger partial charge in [-0.3, -0.25) is 0 Å². The van der Waals surface area contributed by atoms with Crippen LogP contribution in [0.5, 0.6) is 5.75 Å². The molecule has 0 aliphatic carbocycles. The van der Waals surface area contributed by atoms with Crippen molar-refractivity contribution in [3.8, 4) is 17.0 Å². The summed E-state index contributed by atoms with van der Waals surface area (Å²) in [5.74, 6) is 0.689. The Hall–Kier alpha value is -2.38. The maximum absolute atomic E-state index is 12.0. The van der Waals surface area contributed by atoms with Crippen LogP contribution >= 0.6 is 22.9 Å². The van der Waals surface area contributed by atoms with Crippen LogP contribution in [0.2, 0.25) is 5.02 Å². The first-order chi connectivity index (χ1) is 12.1. The number of ether oxygens (including phenoxy) is 2. The van der Waals surface area contributed by atoms with Gasteiger partial charge in [-0.2, -0.15) is 0 Å². The van der Waals surface area contributed by atoms with Crippen molar-refractivity contribution in [1.29, 1.82) is 0 Å². The zero-order chi connectivity index (χ0) is 17.8. The quantitative estimate of drug-likeness (QED) is 0.587. The number of rotatable bonds is 6. The molecular formula is C17H15ClN2O4S. The monoisotopic (exact) mass is 378 g/mol. The van der Waals surface area contributed by atoms with E-state index in [-0.39, 0.29) is 12.3 Å². The highest BCUT2D eigenvalue weighted by molar-refractivity contribution is 7.09. The Morgan fingerprint density at radius 1 is 1.32 bits per heavy atom. The van der Waals surface area contributed by atoms with Crippen LogP contribution in [0, 0.1) is 6.92 Å². The first-order valence-electron chi connectivity index (χ1n) is 7.55. The molecule has 3 aromatic rings. The summed E-state index contributed by atoms with van der Waals surface area (Å²) < 4.78 is 15.8. The first-order valence-corrected chi connectivity index (χ1v) is 8.80. The highest BCUT2D eigenvalue weighted by atomic mass is 35.5. The summed E-state index contributed by atoms with van der Waals surface area (Å²) in [6, 6.07) is 7.10. The predicted molar refractivity (Wildman–Crippen MR) is 94.1 cm³/mol. The van der Waals surface area contributed by atoms with Crippen molar-refractivity contribution in [2.75, 3.05) is 6.61 Å². The van der Waals surface area contributed by atoms with Gasteiger partial charge in [-0.05, 0) is 38.1 Å². The molecule has 2 heterocycles. The third kappa shape index (κ3) is 4.00. The SMILES string of the molecule is CCOC(=O)c1noc(C)c1-c1csc(COc2ccc(Cl)cc2)n1. The molecule has 0 amide bonds. The summed E-state index contributed by atoms with van der Waals surface area (Å²) in [7, 11) is 0. The second kappa shape index (κ2) is 7.67. The molecule has 0 saturated heterocycles. The maximum Gasteiger partial charge on any atom is 0.361 e. The van der Waals surface area contributed by atoms with Crippen molar-refractivity contribution >= 4 is 28.9 Å². The third-order valence-electron chi connectivity index (χ3n) is 3.32. The van der Waals surface area contributed by atoms with Gasteiger partial charge >= 0.3 is 5.97 Å². The highest BCUT2D eigenvalue weighted by Crippen LogP contribution is 2.29. The minimum absolute atomic E-state index is 0.134. The topological polar surface area (TPSA) is 74.5 Å². The van der Waals surface area contributed by atoms with Crippen LogP contribution in [0.4, 0.5) is 0 Å². The number of esters is 1. The second-order valence-corrected chi connectivity index (χ2v) is 6.43. The number of hydrogen-bond acceptors (Lipinski definition) is 7. The molecular weight excluding hydrogens is 364 g/mol. The standard InChI is InChI=1S/C17H15ClN2O4S/c1-3-22-17(21)16-15(10(2)24-20-16)13-9-25-14(19-13)8-23-12-6-4-11(18)5-7-12/h4-7,9H,3,8H2,1-2H3. The van der Waals surface area contributed by atoms with Crippen molar-refractivity contribution in [1.82, 2.24) is 10.1 Å². The van der Waals surface area contributed by atoms with Gasteiger partial charge in [0.25, 0.3) is 0 Å². The Balaban J connectivity index is 1.76. The van der Waals surface area contributed by atoms with Crippen molar-refractivity contribution in [2.45, 2.75) is 20.5 Å². The van der Waals surface area contributed by atoms with Crippen molar-refractivity contribution in [3.63, 3.8) is 0 Å². The van der Waals surface area contributed by atoms with Gasteiger partial charge in [0.15, 0.2) is 0 Å². The lowest BCUT2D eigenvalue weighted by molar-refractivity contribution is 0.0515.